The van der Waals surface area contributed by atoms with E-state index in [0.717, 1.165) is 6.20 Å². The molecule has 1 aliphatic heterocycles. The molecule has 1 aliphatic rings. The Morgan fingerprint density at radius 2 is 2.24 bits per heavy atom. The molecule has 8 nitrogen and oxygen atoms in total. The topological polar surface area (TPSA) is 92.3 Å². The minimum Gasteiger partial charge on any atom is -0.358 e. The smallest absolute Gasteiger partial charge is 0.358 e. The molecule has 0 radical (unpaired) electrons. The average Bonchev–Trinajstić information content (AvgIpc) is 2.70. The minimum absolute atomic E-state index is 0.0000413. The van der Waals surface area contributed by atoms with Gasteiger partial charge in [-0.2, -0.15) is 0 Å². The van der Waals surface area contributed by atoms with Gasteiger partial charge in [0, 0.05) is 5.41 Å². The fraction of sp³-hybridized carbons (Fsp3) is 0.778. The molecule has 0 bridgehead atoms. The van der Waals surface area contributed by atoms with E-state index in [9.17, 15) is 10.1 Å². The molecule has 94 valence electrons. The Morgan fingerprint density at radius 3 is 2.76 bits per heavy atom. The maximum Gasteiger partial charge on any atom is 0.410 e. The lowest BCUT2D eigenvalue weighted by Crippen LogP contribution is -2.39. The lowest BCUT2D eigenvalue weighted by molar-refractivity contribution is -0.389. The Kier molecular flexibility index (Phi) is 3.07. The van der Waals surface area contributed by atoms with Crippen molar-refractivity contribution in [3.8, 4) is 0 Å². The molecule has 8 heteroatoms. The largest absolute Gasteiger partial charge is 0.410 e. The Balaban J connectivity index is 1.91. The SMILES string of the molecule is CC1(C)COC(Cn2ncc([N+](=O)[O-])n2)OC1. The molecule has 0 unspecified atom stereocenters. The maximum absolute atomic E-state index is 10.4. The molecule has 1 aromatic rings. The van der Waals surface area contributed by atoms with Crippen molar-refractivity contribution in [2.75, 3.05) is 13.2 Å². The van der Waals surface area contributed by atoms with E-state index in [-0.39, 0.29) is 17.8 Å². The van der Waals surface area contributed by atoms with Gasteiger partial charge in [-0.1, -0.05) is 18.6 Å². The van der Waals surface area contributed by atoms with Crippen molar-refractivity contribution in [2.45, 2.75) is 26.7 Å². The van der Waals surface area contributed by atoms with Gasteiger partial charge in [-0.15, -0.1) is 5.10 Å². The van der Waals surface area contributed by atoms with Crippen LogP contribution in [0.25, 0.3) is 0 Å². The second-order valence-electron chi connectivity index (χ2n) is 4.73. The molecule has 0 N–H and O–H groups in total. The van der Waals surface area contributed by atoms with Crippen molar-refractivity contribution in [1.82, 2.24) is 15.0 Å². The van der Waals surface area contributed by atoms with E-state index in [1.807, 2.05) is 13.8 Å². The normalized spacial score (nSPS) is 20.4. The summed E-state index contributed by atoms with van der Waals surface area (Å²) in [6, 6.07) is 0. The fourth-order valence-corrected chi connectivity index (χ4v) is 1.43. The highest BCUT2D eigenvalue weighted by Crippen LogP contribution is 2.23. The summed E-state index contributed by atoms with van der Waals surface area (Å²) < 4.78 is 10.9. The number of hydrogen-bond acceptors (Lipinski definition) is 6. The Labute approximate surface area is 97.7 Å². The number of nitro groups is 1. The van der Waals surface area contributed by atoms with E-state index >= 15 is 0 Å². The maximum atomic E-state index is 10.4. The second-order valence-corrected chi connectivity index (χ2v) is 4.73. The van der Waals surface area contributed by atoms with Gasteiger partial charge in [-0.3, -0.25) is 0 Å². The fourth-order valence-electron chi connectivity index (χ4n) is 1.43. The van der Waals surface area contributed by atoms with E-state index in [1.54, 1.807) is 0 Å². The minimum atomic E-state index is -0.588. The first kappa shape index (κ1) is 11.9. The summed E-state index contributed by atoms with van der Waals surface area (Å²) in [5, 5.41) is 17.9. The Hall–Kier alpha value is -1.54. The van der Waals surface area contributed by atoms with Gasteiger partial charge in [0.25, 0.3) is 0 Å². The molecule has 0 spiro atoms. The Bertz CT molecular complexity index is 407. The van der Waals surface area contributed by atoms with Crippen LogP contribution in [0, 0.1) is 15.5 Å². The van der Waals surface area contributed by atoms with E-state index in [1.165, 1.54) is 4.80 Å². The van der Waals surface area contributed by atoms with Crippen molar-refractivity contribution in [2.24, 2.45) is 5.41 Å². The molecule has 0 aliphatic carbocycles. The first-order valence-electron chi connectivity index (χ1n) is 5.24. The molecular formula is C9H14N4O4. The third-order valence-corrected chi connectivity index (χ3v) is 2.34. The lowest BCUT2D eigenvalue weighted by Gasteiger charge is -2.33. The molecule has 1 aromatic heterocycles. The zero-order valence-corrected chi connectivity index (χ0v) is 9.70. The predicted molar refractivity (Wildman–Crippen MR) is 56.1 cm³/mol. The van der Waals surface area contributed by atoms with Crippen LogP contribution >= 0.6 is 0 Å². The molecule has 1 fully saturated rings. The van der Waals surface area contributed by atoms with Gasteiger partial charge in [-0.25, -0.2) is 0 Å². The number of ether oxygens (including phenoxy) is 2. The predicted octanol–water partition coefficient (Wildman–Crippen LogP) is 0.585. The summed E-state index contributed by atoms with van der Waals surface area (Å²) in [5.74, 6) is -0.277. The monoisotopic (exact) mass is 242 g/mol. The van der Waals surface area contributed by atoms with Crippen LogP contribution in [-0.2, 0) is 16.0 Å². The third-order valence-electron chi connectivity index (χ3n) is 2.34. The standard InChI is InChI=1S/C9H14N4O4/c1-9(2)5-16-8(17-6-9)4-12-10-3-7(11-12)13(14)15/h3,8H,4-6H2,1-2H3. The summed E-state index contributed by atoms with van der Waals surface area (Å²) in [7, 11) is 0. The second kappa shape index (κ2) is 4.38. The number of aromatic nitrogens is 3. The van der Waals surface area contributed by atoms with Crippen LogP contribution in [0.5, 0.6) is 0 Å². The molecule has 2 heterocycles. The highest BCUT2D eigenvalue weighted by molar-refractivity contribution is 5.07. The van der Waals surface area contributed by atoms with Crippen molar-refractivity contribution < 1.29 is 14.4 Å². The molecule has 2 rings (SSSR count). The molecule has 0 atom stereocenters. The van der Waals surface area contributed by atoms with Crippen molar-refractivity contribution in [1.29, 1.82) is 0 Å². The summed E-state index contributed by atoms with van der Waals surface area (Å²) in [4.78, 5) is 11.0. The van der Waals surface area contributed by atoms with E-state index in [0.29, 0.717) is 13.2 Å². The highest BCUT2D eigenvalue weighted by atomic mass is 16.7. The molecule has 0 amide bonds. The van der Waals surface area contributed by atoms with Crippen LogP contribution in [0.4, 0.5) is 5.82 Å². The number of hydrogen-bond donors (Lipinski definition) is 0. The van der Waals surface area contributed by atoms with Gasteiger partial charge in [-0.05, 0) is 4.92 Å². The van der Waals surface area contributed by atoms with Gasteiger partial charge in [0.15, 0.2) is 12.5 Å². The van der Waals surface area contributed by atoms with Crippen LogP contribution in [0.2, 0.25) is 0 Å². The van der Waals surface area contributed by atoms with Crippen LogP contribution in [-0.4, -0.2) is 39.4 Å². The number of rotatable bonds is 3. The van der Waals surface area contributed by atoms with E-state index < -0.39 is 11.2 Å². The molecule has 17 heavy (non-hydrogen) atoms. The van der Waals surface area contributed by atoms with Crippen LogP contribution in [0.1, 0.15) is 13.8 Å². The van der Waals surface area contributed by atoms with Gasteiger partial charge in [0.05, 0.1) is 18.3 Å². The average molecular weight is 242 g/mol. The molecule has 0 saturated carbocycles. The molecule has 1 saturated heterocycles. The number of nitrogens with zero attached hydrogens (tertiary/aromatic N) is 4. The molecule has 0 aromatic carbocycles. The van der Waals surface area contributed by atoms with Gasteiger partial charge in [0.1, 0.15) is 6.54 Å². The first-order valence-corrected chi connectivity index (χ1v) is 5.24. The van der Waals surface area contributed by atoms with Gasteiger partial charge < -0.3 is 19.6 Å². The first-order chi connectivity index (χ1) is 7.96. The van der Waals surface area contributed by atoms with Gasteiger partial charge >= 0.3 is 5.82 Å². The third kappa shape index (κ3) is 2.98. The highest BCUT2D eigenvalue weighted by Gasteiger charge is 2.29. The van der Waals surface area contributed by atoms with Crippen LogP contribution in [0.3, 0.4) is 0 Å². The quantitative estimate of drug-likeness (QED) is 0.568. The van der Waals surface area contributed by atoms with Crippen LogP contribution in [0.15, 0.2) is 6.20 Å². The summed E-state index contributed by atoms with van der Waals surface area (Å²) in [5.41, 5.74) is 0.0000413. The zero-order valence-electron chi connectivity index (χ0n) is 9.70. The lowest BCUT2D eigenvalue weighted by atomic mass is 9.96. The van der Waals surface area contributed by atoms with Crippen LogP contribution < -0.4 is 0 Å². The molecular weight excluding hydrogens is 228 g/mol. The summed E-state index contributed by atoms with van der Waals surface area (Å²) >= 11 is 0. The summed E-state index contributed by atoms with van der Waals surface area (Å²) in [6.07, 6.45) is 0.655. The van der Waals surface area contributed by atoms with E-state index in [4.69, 9.17) is 9.47 Å². The van der Waals surface area contributed by atoms with Crippen molar-refractivity contribution in [3.05, 3.63) is 16.3 Å². The van der Waals surface area contributed by atoms with Crippen molar-refractivity contribution in [3.63, 3.8) is 0 Å². The Morgan fingerprint density at radius 1 is 1.59 bits per heavy atom. The zero-order chi connectivity index (χ0) is 12.5. The van der Waals surface area contributed by atoms with E-state index in [2.05, 4.69) is 10.2 Å². The summed E-state index contributed by atoms with van der Waals surface area (Å²) in [6.45, 7) is 5.51. The van der Waals surface area contributed by atoms with Crippen molar-refractivity contribution >= 4 is 5.82 Å². The van der Waals surface area contributed by atoms with Gasteiger partial charge in [0.2, 0.25) is 0 Å².